The van der Waals surface area contributed by atoms with E-state index in [4.69, 9.17) is 16.3 Å². The van der Waals surface area contributed by atoms with Crippen LogP contribution in [0.15, 0.2) is 42.5 Å². The summed E-state index contributed by atoms with van der Waals surface area (Å²) in [5.74, 6) is -0.409. The van der Waals surface area contributed by atoms with Gasteiger partial charge in [-0.25, -0.2) is 9.48 Å². The third-order valence-electron chi connectivity index (χ3n) is 3.37. The Morgan fingerprint density at radius 1 is 1.27 bits per heavy atom. The van der Waals surface area contributed by atoms with Crippen LogP contribution in [-0.2, 0) is 17.9 Å². The molecule has 0 saturated carbocycles. The van der Waals surface area contributed by atoms with Crippen LogP contribution in [0.5, 0.6) is 0 Å². The lowest BCUT2D eigenvalue weighted by atomic mass is 10.2. The van der Waals surface area contributed by atoms with Crippen LogP contribution >= 0.6 is 11.6 Å². The van der Waals surface area contributed by atoms with Gasteiger partial charge in [-0.2, -0.15) is 0 Å². The van der Waals surface area contributed by atoms with Gasteiger partial charge in [0, 0.05) is 17.1 Å². The molecule has 6 heteroatoms. The molecule has 3 aromatic rings. The minimum Gasteiger partial charge on any atom is -0.457 e. The quantitative estimate of drug-likeness (QED) is 0.692. The van der Waals surface area contributed by atoms with Gasteiger partial charge in [-0.3, -0.25) is 0 Å². The van der Waals surface area contributed by atoms with Crippen molar-refractivity contribution in [3.63, 3.8) is 0 Å². The number of aromatic nitrogens is 3. The Balaban J connectivity index is 1.76. The van der Waals surface area contributed by atoms with Gasteiger partial charge in [0.05, 0.1) is 11.1 Å². The number of hydrogen-bond donors (Lipinski definition) is 0. The number of hydrogen-bond acceptors (Lipinski definition) is 4. The molecule has 2 aromatic carbocycles. The van der Waals surface area contributed by atoms with Gasteiger partial charge in [-0.05, 0) is 31.2 Å². The second-order valence-corrected chi connectivity index (χ2v) is 5.18. The molecular formula is C16H14ClN3O2. The zero-order valence-electron chi connectivity index (χ0n) is 12.0. The van der Waals surface area contributed by atoms with E-state index in [9.17, 15) is 4.79 Å². The van der Waals surface area contributed by atoms with Crippen molar-refractivity contribution in [3.8, 4) is 0 Å². The van der Waals surface area contributed by atoms with Crippen LogP contribution in [0.3, 0.4) is 0 Å². The summed E-state index contributed by atoms with van der Waals surface area (Å²) < 4.78 is 7.07. The number of rotatable bonds is 4. The van der Waals surface area contributed by atoms with Crippen LogP contribution < -0.4 is 0 Å². The first-order valence-corrected chi connectivity index (χ1v) is 7.30. The highest BCUT2D eigenvalue weighted by molar-refractivity contribution is 6.31. The van der Waals surface area contributed by atoms with Crippen molar-refractivity contribution in [2.24, 2.45) is 0 Å². The molecule has 0 bridgehead atoms. The van der Waals surface area contributed by atoms with Gasteiger partial charge < -0.3 is 4.74 Å². The summed E-state index contributed by atoms with van der Waals surface area (Å²) in [4.78, 5) is 12.1. The fraction of sp³-hybridized carbons (Fsp3) is 0.188. The summed E-state index contributed by atoms with van der Waals surface area (Å²) in [6.45, 7) is 2.85. The largest absolute Gasteiger partial charge is 0.457 e. The fourth-order valence-corrected chi connectivity index (χ4v) is 2.37. The Morgan fingerprint density at radius 3 is 2.86 bits per heavy atom. The summed E-state index contributed by atoms with van der Waals surface area (Å²) in [7, 11) is 0. The molecule has 0 amide bonds. The maximum atomic E-state index is 12.1. The minimum atomic E-state index is -0.409. The van der Waals surface area contributed by atoms with E-state index in [0.29, 0.717) is 16.1 Å². The van der Waals surface area contributed by atoms with Gasteiger partial charge in [0.15, 0.2) is 0 Å². The second-order valence-electron chi connectivity index (χ2n) is 4.78. The van der Waals surface area contributed by atoms with Crippen LogP contribution in [0, 0.1) is 0 Å². The molecule has 0 aliphatic rings. The minimum absolute atomic E-state index is 0.137. The molecule has 3 rings (SSSR count). The molecule has 112 valence electrons. The van der Waals surface area contributed by atoms with Crippen molar-refractivity contribution in [3.05, 3.63) is 58.6 Å². The van der Waals surface area contributed by atoms with Crippen molar-refractivity contribution >= 4 is 28.6 Å². The second kappa shape index (κ2) is 6.15. The Hall–Kier alpha value is -2.40. The first kappa shape index (κ1) is 14.5. The number of aryl methyl sites for hydroxylation is 1. The van der Waals surface area contributed by atoms with Gasteiger partial charge in [0.25, 0.3) is 0 Å². The Labute approximate surface area is 132 Å². The molecule has 1 aromatic heterocycles. The topological polar surface area (TPSA) is 57.0 Å². The Morgan fingerprint density at radius 2 is 2.09 bits per heavy atom. The first-order valence-electron chi connectivity index (χ1n) is 6.93. The molecule has 22 heavy (non-hydrogen) atoms. The maximum absolute atomic E-state index is 12.1. The van der Waals surface area contributed by atoms with Crippen molar-refractivity contribution in [2.75, 3.05) is 0 Å². The van der Waals surface area contributed by atoms with Crippen molar-refractivity contribution in [1.29, 1.82) is 0 Å². The standard InChI is InChI=1S/C16H14ClN3O2/c1-2-20-15-8-7-11(9-14(15)18-19-20)16(21)22-10-12-5-3-4-6-13(12)17/h3-9H,2,10H2,1H3. The molecule has 0 N–H and O–H groups in total. The van der Waals surface area contributed by atoms with Crippen LogP contribution in [-0.4, -0.2) is 21.0 Å². The molecular weight excluding hydrogens is 302 g/mol. The number of ether oxygens (including phenoxy) is 1. The Kier molecular flexibility index (Phi) is 4.06. The smallest absolute Gasteiger partial charge is 0.338 e. The van der Waals surface area contributed by atoms with Crippen LogP contribution in [0.4, 0.5) is 0 Å². The molecule has 0 spiro atoms. The predicted molar refractivity (Wildman–Crippen MR) is 83.8 cm³/mol. The van der Waals surface area contributed by atoms with Crippen LogP contribution in [0.2, 0.25) is 5.02 Å². The van der Waals surface area contributed by atoms with Crippen LogP contribution in [0.25, 0.3) is 11.0 Å². The molecule has 0 atom stereocenters. The van der Waals surface area contributed by atoms with Gasteiger partial charge in [-0.15, -0.1) is 5.10 Å². The molecule has 1 heterocycles. The monoisotopic (exact) mass is 315 g/mol. The maximum Gasteiger partial charge on any atom is 0.338 e. The highest BCUT2D eigenvalue weighted by Gasteiger charge is 2.11. The predicted octanol–water partition coefficient (Wildman–Crippen LogP) is 3.46. The molecule has 0 fully saturated rings. The lowest BCUT2D eigenvalue weighted by Crippen LogP contribution is -2.05. The van der Waals surface area contributed by atoms with Gasteiger partial charge >= 0.3 is 5.97 Å². The summed E-state index contributed by atoms with van der Waals surface area (Å²) in [6.07, 6.45) is 0. The number of carbonyl (C=O) groups excluding carboxylic acids is 1. The first-order chi connectivity index (χ1) is 10.7. The normalized spacial score (nSPS) is 10.8. The summed E-state index contributed by atoms with van der Waals surface area (Å²) in [5.41, 5.74) is 2.79. The lowest BCUT2D eigenvalue weighted by molar-refractivity contribution is 0.0473. The zero-order valence-corrected chi connectivity index (χ0v) is 12.7. The summed E-state index contributed by atoms with van der Waals surface area (Å²) in [5, 5.41) is 8.65. The number of esters is 1. The van der Waals surface area contributed by atoms with Gasteiger partial charge in [0.2, 0.25) is 0 Å². The third-order valence-corrected chi connectivity index (χ3v) is 3.73. The number of benzene rings is 2. The van der Waals surface area contributed by atoms with E-state index >= 15 is 0 Å². The van der Waals surface area contributed by atoms with Crippen LogP contribution in [0.1, 0.15) is 22.8 Å². The number of halogens is 1. The zero-order chi connectivity index (χ0) is 15.5. The molecule has 0 saturated heterocycles. The van der Waals surface area contributed by atoms with Gasteiger partial charge in [0.1, 0.15) is 12.1 Å². The van der Waals surface area contributed by atoms with Gasteiger partial charge in [-0.1, -0.05) is 35.0 Å². The third kappa shape index (κ3) is 2.80. The molecule has 0 unspecified atom stereocenters. The van der Waals surface area contributed by atoms with Crippen molar-refractivity contribution < 1.29 is 9.53 Å². The average Bonchev–Trinajstić information content (AvgIpc) is 2.96. The highest BCUT2D eigenvalue weighted by atomic mass is 35.5. The molecule has 0 radical (unpaired) electrons. The summed E-state index contributed by atoms with van der Waals surface area (Å²) >= 11 is 6.04. The van der Waals surface area contributed by atoms with E-state index in [1.54, 1.807) is 22.9 Å². The van der Waals surface area contributed by atoms with E-state index < -0.39 is 5.97 Å². The van der Waals surface area contributed by atoms with E-state index in [0.717, 1.165) is 17.6 Å². The van der Waals surface area contributed by atoms with E-state index in [-0.39, 0.29) is 6.61 Å². The van der Waals surface area contributed by atoms with E-state index in [1.807, 2.05) is 31.2 Å². The van der Waals surface area contributed by atoms with Crippen molar-refractivity contribution in [1.82, 2.24) is 15.0 Å². The lowest BCUT2D eigenvalue weighted by Gasteiger charge is -2.06. The molecule has 0 aliphatic heterocycles. The molecule has 5 nitrogen and oxygen atoms in total. The van der Waals surface area contributed by atoms with E-state index in [1.165, 1.54) is 0 Å². The average molecular weight is 316 g/mol. The van der Waals surface area contributed by atoms with Crippen molar-refractivity contribution in [2.45, 2.75) is 20.1 Å². The summed E-state index contributed by atoms with van der Waals surface area (Å²) in [6, 6.07) is 12.5. The number of nitrogens with zero attached hydrogens (tertiary/aromatic N) is 3. The number of carbonyl (C=O) groups is 1. The fourth-order valence-electron chi connectivity index (χ4n) is 2.17. The SMILES string of the molecule is CCn1nnc2cc(C(=O)OCc3ccccc3Cl)ccc21. The Bertz CT molecular complexity index is 829. The highest BCUT2D eigenvalue weighted by Crippen LogP contribution is 2.18. The van der Waals surface area contributed by atoms with E-state index in [2.05, 4.69) is 10.3 Å². The molecule has 0 aliphatic carbocycles. The number of fused-ring (bicyclic) bond motifs is 1.